The molecule has 0 spiro atoms. The Balaban J connectivity index is 0.00000280. The number of amides is 4. The number of thiophene rings is 1. The summed E-state index contributed by atoms with van der Waals surface area (Å²) in [4.78, 5) is 73.4. The maximum absolute atomic E-state index is 13.6. The first-order valence-electron chi connectivity index (χ1n) is 18.4. The van der Waals surface area contributed by atoms with Crippen LogP contribution in [0.5, 0.6) is 0 Å². The van der Waals surface area contributed by atoms with Crippen LogP contribution in [0.4, 0.5) is 9.59 Å². The molecule has 1 aromatic carbocycles. The van der Waals surface area contributed by atoms with E-state index < -0.39 is 24.3 Å². The van der Waals surface area contributed by atoms with Crippen LogP contribution in [-0.4, -0.2) is 93.1 Å². The van der Waals surface area contributed by atoms with Gasteiger partial charge in [0.2, 0.25) is 11.8 Å². The summed E-state index contributed by atoms with van der Waals surface area (Å²) in [6.45, 7) is 8.83. The van der Waals surface area contributed by atoms with Crippen LogP contribution in [0.25, 0.3) is 21.6 Å². The van der Waals surface area contributed by atoms with E-state index in [1.807, 2.05) is 49.8 Å². The number of aromatic nitrogens is 4. The highest BCUT2D eigenvalue weighted by Crippen LogP contribution is 2.35. The molecule has 14 nitrogen and oxygen atoms in total. The van der Waals surface area contributed by atoms with Gasteiger partial charge in [0.1, 0.15) is 23.7 Å². The number of nitrogens with one attached hydrogen (secondary N) is 4. The van der Waals surface area contributed by atoms with Gasteiger partial charge in [-0.1, -0.05) is 33.8 Å². The van der Waals surface area contributed by atoms with Crippen LogP contribution in [0.3, 0.4) is 0 Å². The van der Waals surface area contributed by atoms with E-state index in [0.717, 1.165) is 71.8 Å². The summed E-state index contributed by atoms with van der Waals surface area (Å²) < 4.78 is 9.52. The second kappa shape index (κ2) is 20.5. The molecule has 0 bridgehead atoms. The quantitative estimate of drug-likeness (QED) is 0.130. The predicted molar refractivity (Wildman–Crippen MR) is 232 cm³/mol. The van der Waals surface area contributed by atoms with Crippen molar-refractivity contribution in [3.63, 3.8) is 0 Å². The number of imidazole rings is 2. The Morgan fingerprint density at radius 2 is 1.38 bits per heavy atom. The van der Waals surface area contributed by atoms with Crippen LogP contribution in [0, 0.1) is 11.8 Å². The molecule has 4 atom stereocenters. The summed E-state index contributed by atoms with van der Waals surface area (Å²) in [5, 5.41) is 5.40. The number of methoxy groups -OCH3 is 2. The Bertz CT molecular complexity index is 1950. The molecule has 2 fully saturated rings. The van der Waals surface area contributed by atoms with E-state index in [9.17, 15) is 19.2 Å². The number of alkyl carbamates (subject to hydrolysis) is 2. The number of carbonyl (C=O) groups is 4. The summed E-state index contributed by atoms with van der Waals surface area (Å²) in [7, 11) is 2.59. The molecule has 0 aliphatic carbocycles. The van der Waals surface area contributed by atoms with E-state index in [4.69, 9.17) is 14.5 Å². The molecule has 2 aliphatic rings. The average Bonchev–Trinajstić information content (AvgIpc) is 3.98. The van der Waals surface area contributed by atoms with Crippen molar-refractivity contribution in [1.29, 1.82) is 0 Å². The average molecular weight is 849 g/mol. The minimum atomic E-state index is -0.679. The zero-order chi connectivity index (χ0) is 37.8. The van der Waals surface area contributed by atoms with E-state index in [1.54, 1.807) is 11.3 Å². The molecule has 4 aromatic rings. The molecule has 18 heteroatoms. The van der Waals surface area contributed by atoms with Crippen molar-refractivity contribution < 1.29 is 28.7 Å². The first kappa shape index (κ1) is 46.5. The van der Waals surface area contributed by atoms with Crippen molar-refractivity contribution in [2.75, 3.05) is 27.3 Å². The Morgan fingerprint density at radius 1 is 0.804 bits per heavy atom. The summed E-state index contributed by atoms with van der Waals surface area (Å²) in [6, 6.07) is 8.79. The van der Waals surface area contributed by atoms with Gasteiger partial charge < -0.3 is 39.9 Å². The van der Waals surface area contributed by atoms with E-state index >= 15 is 0 Å². The van der Waals surface area contributed by atoms with E-state index in [0.29, 0.717) is 13.1 Å². The number of aromatic amines is 2. The number of benzene rings is 1. The number of nitrogens with zero attached hydrogens (tertiary/aromatic N) is 4. The molecule has 2 saturated heterocycles. The van der Waals surface area contributed by atoms with E-state index in [2.05, 4.69) is 49.9 Å². The van der Waals surface area contributed by atoms with Crippen LogP contribution >= 0.6 is 51.8 Å². The SMILES string of the molecule is COC(=O)N[C@H](C(=O)N1CCC[C@H]1c1ncc(-c2ccc(CCc3ccc4nc([C@@H]5CCCN5C(=O)[C@@H](NC(=O)OC)C(C)C)[nH]c4c3)s2)[nH]1)C(C)C.S.S.S. The van der Waals surface area contributed by atoms with Crippen molar-refractivity contribution in [2.24, 2.45) is 11.8 Å². The Labute approximate surface area is 353 Å². The maximum atomic E-state index is 13.6. The molecule has 2 aliphatic heterocycles. The molecule has 6 rings (SSSR count). The normalized spacial score (nSPS) is 17.5. The fourth-order valence-corrected chi connectivity index (χ4v) is 8.30. The fourth-order valence-electron chi connectivity index (χ4n) is 7.33. The Kier molecular flexibility index (Phi) is 17.0. The highest BCUT2D eigenvalue weighted by molar-refractivity contribution is 7.59. The molecule has 56 heavy (non-hydrogen) atoms. The van der Waals surface area contributed by atoms with Gasteiger partial charge in [0.15, 0.2) is 0 Å². The fraction of sp³-hybridized carbons (Fsp3) is 0.526. The number of likely N-dealkylation sites (tertiary alicyclic amines) is 2. The topological polar surface area (TPSA) is 175 Å². The van der Waals surface area contributed by atoms with Gasteiger partial charge in [0.05, 0.1) is 54.1 Å². The molecule has 0 radical (unpaired) electrons. The van der Waals surface area contributed by atoms with Gasteiger partial charge in [-0.2, -0.15) is 40.5 Å². The number of ether oxygens (including phenoxy) is 2. The van der Waals surface area contributed by atoms with Crippen LogP contribution in [0.1, 0.15) is 87.6 Å². The number of hydrogen-bond acceptors (Lipinski definition) is 9. The van der Waals surface area contributed by atoms with Gasteiger partial charge in [0, 0.05) is 18.0 Å². The second-order valence-electron chi connectivity index (χ2n) is 14.5. The number of fused-ring (bicyclic) bond motifs is 1. The molecule has 4 amide bonds. The minimum Gasteiger partial charge on any atom is -0.453 e. The lowest BCUT2D eigenvalue weighted by atomic mass is 10.0. The predicted octanol–water partition coefficient (Wildman–Crippen LogP) is 6.23. The standard InChI is InChI=1S/C38H50N8O6S.3H2S/c1-21(2)31(43-37(49)51-5)35(47)45-17-7-9-28(45)33-39-20-27(42-33)30-16-14-24(53-30)13-11-23-12-15-25-26(19-23)41-34(40-25)29-10-8-18-46(29)36(48)32(22(3)4)44-38(50)52-6;;;/h12,14-16,19-22,28-29,31-32H,7-11,13,17-18H2,1-6H3,(H,39,42)(H,40,41)(H,43,49)(H,44,50);3*1H2/t28-,29-,31-,32-;;;/m0.../s1. The third-order valence-corrected chi connectivity index (χ3v) is 11.4. The third kappa shape index (κ3) is 10.3. The molecule has 0 unspecified atom stereocenters. The Hall–Kier alpha value is -3.87. The first-order chi connectivity index (χ1) is 25.5. The van der Waals surface area contributed by atoms with Gasteiger partial charge in [-0.05, 0) is 80.2 Å². The van der Waals surface area contributed by atoms with Gasteiger partial charge >= 0.3 is 12.2 Å². The lowest BCUT2D eigenvalue weighted by Gasteiger charge is -2.30. The molecular formula is C38H56N8O6S4. The summed E-state index contributed by atoms with van der Waals surface area (Å²) in [5.74, 6) is 1.05. The van der Waals surface area contributed by atoms with Crippen molar-refractivity contribution in [3.8, 4) is 10.6 Å². The van der Waals surface area contributed by atoms with Crippen molar-refractivity contribution >= 4 is 86.9 Å². The van der Waals surface area contributed by atoms with E-state index in [1.165, 1.54) is 24.7 Å². The molecule has 0 saturated carbocycles. The van der Waals surface area contributed by atoms with Crippen LogP contribution in [0.2, 0.25) is 0 Å². The summed E-state index contributed by atoms with van der Waals surface area (Å²) in [5.41, 5.74) is 3.88. The van der Waals surface area contributed by atoms with E-state index in [-0.39, 0.29) is 76.2 Å². The largest absolute Gasteiger partial charge is 0.453 e. The Morgan fingerprint density at radius 3 is 1.93 bits per heavy atom. The molecule has 3 aromatic heterocycles. The van der Waals surface area contributed by atoms with Crippen LogP contribution < -0.4 is 10.6 Å². The molecule has 5 heterocycles. The van der Waals surface area contributed by atoms with Gasteiger partial charge in [-0.3, -0.25) is 9.59 Å². The van der Waals surface area contributed by atoms with Gasteiger partial charge in [0.25, 0.3) is 0 Å². The first-order valence-corrected chi connectivity index (χ1v) is 19.2. The molecular weight excluding hydrogens is 793 g/mol. The lowest BCUT2D eigenvalue weighted by molar-refractivity contribution is -0.136. The van der Waals surface area contributed by atoms with Crippen molar-refractivity contribution in [2.45, 2.75) is 90.4 Å². The third-order valence-electron chi connectivity index (χ3n) is 10.2. The van der Waals surface area contributed by atoms with Crippen LogP contribution in [0.15, 0.2) is 36.5 Å². The smallest absolute Gasteiger partial charge is 0.407 e. The highest BCUT2D eigenvalue weighted by atomic mass is 32.1. The van der Waals surface area contributed by atoms with Crippen molar-refractivity contribution in [1.82, 2.24) is 40.4 Å². The van der Waals surface area contributed by atoms with Crippen LogP contribution in [-0.2, 0) is 31.9 Å². The zero-order valence-electron chi connectivity index (χ0n) is 32.7. The molecule has 4 N–H and O–H groups in total. The highest BCUT2D eigenvalue weighted by Gasteiger charge is 2.39. The number of hydrogen-bond donors (Lipinski definition) is 4. The number of aryl methyl sites for hydroxylation is 2. The second-order valence-corrected chi connectivity index (χ2v) is 15.7. The zero-order valence-corrected chi connectivity index (χ0v) is 36.5. The maximum Gasteiger partial charge on any atom is 0.407 e. The number of H-pyrrole nitrogens is 2. The van der Waals surface area contributed by atoms with Gasteiger partial charge in [-0.25, -0.2) is 19.6 Å². The number of rotatable bonds is 12. The monoisotopic (exact) mass is 848 g/mol. The van der Waals surface area contributed by atoms with Gasteiger partial charge in [-0.15, -0.1) is 11.3 Å². The molecule has 308 valence electrons. The summed E-state index contributed by atoms with van der Waals surface area (Å²) >= 11 is 1.72. The van der Waals surface area contributed by atoms with Crippen molar-refractivity contribution in [3.05, 3.63) is 58.6 Å². The minimum absolute atomic E-state index is 0. The summed E-state index contributed by atoms with van der Waals surface area (Å²) in [6.07, 6.45) is 5.61. The lowest BCUT2D eigenvalue weighted by Crippen LogP contribution is -2.51. The number of carbonyl (C=O) groups excluding carboxylic acids is 4.